The van der Waals surface area contributed by atoms with Gasteiger partial charge in [-0.15, -0.1) is 0 Å². The number of anilines is 3. The van der Waals surface area contributed by atoms with Gasteiger partial charge in [-0.2, -0.15) is 0 Å². The van der Waals surface area contributed by atoms with Gasteiger partial charge in [-0.25, -0.2) is 0 Å². The van der Waals surface area contributed by atoms with Gasteiger partial charge in [0.1, 0.15) is 0 Å². The van der Waals surface area contributed by atoms with Crippen molar-refractivity contribution in [3.05, 3.63) is 194 Å². The highest BCUT2D eigenvalue weighted by molar-refractivity contribution is 6.14. The molecule has 2 nitrogen and oxygen atoms in total. The van der Waals surface area contributed by atoms with E-state index in [1.54, 1.807) is 5.56 Å². The van der Waals surface area contributed by atoms with E-state index in [0.717, 1.165) is 17.8 Å². The molecule has 1 heterocycles. The van der Waals surface area contributed by atoms with Gasteiger partial charge in [0.2, 0.25) is 0 Å². The molecule has 4 saturated carbocycles. The summed E-state index contributed by atoms with van der Waals surface area (Å²) in [5.41, 5.74) is 14.0. The fourth-order valence-corrected chi connectivity index (χ4v) is 11.9. The summed E-state index contributed by atoms with van der Waals surface area (Å²) in [5.74, 6) is 2.73. The van der Waals surface area contributed by atoms with Gasteiger partial charge in [0.15, 0.2) is 0 Å². The third-order valence-electron chi connectivity index (χ3n) is 14.1. The fraction of sp³-hybridized carbons (Fsp3) is 0.179. The Labute approximate surface area is 341 Å². The number of benzene rings is 8. The maximum atomic E-state index is 2.55. The normalized spacial score (nSPS) is 20.9. The monoisotopic (exact) mass is 746 g/mol. The molecule has 280 valence electrons. The van der Waals surface area contributed by atoms with Crippen molar-refractivity contribution in [2.75, 3.05) is 4.90 Å². The third kappa shape index (κ3) is 5.53. The standard InChI is InChI=1S/C56H46N2/c1-2-11-41(12-3-1)42-21-25-47(26-22-42)57(49-16-10-15-46(34-49)56-35-38-29-39(36-56)31-40(30-38)37-56)48-27-23-43(24-28-48)50-17-6-8-19-53(50)58-54-20-9-7-18-51(54)52-32-44-13-4-5-14-45(44)33-55(52)58/h1-28,32-34,38-40H,29-31,35-37H2. The zero-order valence-corrected chi connectivity index (χ0v) is 32.8. The van der Waals surface area contributed by atoms with E-state index >= 15 is 0 Å². The predicted octanol–water partition coefficient (Wildman–Crippen LogP) is 15.2. The summed E-state index contributed by atoms with van der Waals surface area (Å²) < 4.78 is 2.47. The molecule has 4 fully saturated rings. The van der Waals surface area contributed by atoms with Crippen LogP contribution in [0, 0.1) is 17.8 Å². The molecule has 0 unspecified atom stereocenters. The number of nitrogens with zero attached hydrogens (tertiary/aromatic N) is 2. The Balaban J connectivity index is 0.968. The van der Waals surface area contributed by atoms with Gasteiger partial charge < -0.3 is 9.47 Å². The Hall–Kier alpha value is -6.38. The van der Waals surface area contributed by atoms with Crippen molar-refractivity contribution in [2.45, 2.75) is 43.9 Å². The minimum absolute atomic E-state index is 0.334. The molecule has 0 spiro atoms. The molecule has 0 saturated heterocycles. The van der Waals surface area contributed by atoms with Crippen molar-refractivity contribution in [3.8, 4) is 27.9 Å². The predicted molar refractivity (Wildman–Crippen MR) is 244 cm³/mol. The molecule has 2 heteroatoms. The Bertz CT molecular complexity index is 2940. The number of para-hydroxylation sites is 2. The van der Waals surface area contributed by atoms with Gasteiger partial charge in [-0.05, 0) is 155 Å². The first-order chi connectivity index (χ1) is 28.7. The largest absolute Gasteiger partial charge is 0.310 e. The first kappa shape index (κ1) is 33.7. The number of hydrogen-bond acceptors (Lipinski definition) is 1. The smallest absolute Gasteiger partial charge is 0.0547 e. The molecule has 4 bridgehead atoms. The molecule has 58 heavy (non-hydrogen) atoms. The zero-order valence-electron chi connectivity index (χ0n) is 32.8. The van der Waals surface area contributed by atoms with E-state index in [-0.39, 0.29) is 0 Å². The summed E-state index contributed by atoms with van der Waals surface area (Å²) in [7, 11) is 0. The summed E-state index contributed by atoms with van der Waals surface area (Å²) in [4.78, 5) is 2.48. The Morgan fingerprint density at radius 1 is 0.414 bits per heavy atom. The molecule has 0 atom stereocenters. The fourth-order valence-electron chi connectivity index (χ4n) is 11.9. The average Bonchev–Trinajstić information content (AvgIpc) is 3.59. The maximum absolute atomic E-state index is 2.55. The molecule has 0 amide bonds. The summed E-state index contributed by atoms with van der Waals surface area (Å²) in [5, 5.41) is 5.08. The van der Waals surface area contributed by atoms with Crippen LogP contribution in [0.2, 0.25) is 0 Å². The van der Waals surface area contributed by atoms with E-state index < -0.39 is 0 Å². The summed E-state index contributed by atoms with van der Waals surface area (Å²) >= 11 is 0. The zero-order chi connectivity index (χ0) is 38.2. The van der Waals surface area contributed by atoms with Crippen molar-refractivity contribution in [3.63, 3.8) is 0 Å². The number of aromatic nitrogens is 1. The summed E-state index contributed by atoms with van der Waals surface area (Å²) in [6.45, 7) is 0. The molecule has 9 aromatic rings. The van der Waals surface area contributed by atoms with Gasteiger partial charge in [0.05, 0.1) is 16.7 Å². The molecule has 4 aliphatic rings. The Morgan fingerprint density at radius 2 is 1.00 bits per heavy atom. The molecule has 8 aromatic carbocycles. The van der Waals surface area contributed by atoms with Crippen LogP contribution in [-0.4, -0.2) is 4.57 Å². The summed E-state index contributed by atoms with van der Waals surface area (Å²) in [6.07, 6.45) is 8.48. The quantitative estimate of drug-likeness (QED) is 0.158. The van der Waals surface area contributed by atoms with E-state index in [1.165, 1.54) is 116 Å². The van der Waals surface area contributed by atoms with Gasteiger partial charge in [0.25, 0.3) is 0 Å². The average molecular weight is 747 g/mol. The van der Waals surface area contributed by atoms with Crippen LogP contribution in [-0.2, 0) is 5.41 Å². The molecule has 4 aliphatic carbocycles. The van der Waals surface area contributed by atoms with Crippen LogP contribution in [0.3, 0.4) is 0 Å². The van der Waals surface area contributed by atoms with Gasteiger partial charge in [0, 0.05) is 33.4 Å². The van der Waals surface area contributed by atoms with E-state index in [4.69, 9.17) is 0 Å². The topological polar surface area (TPSA) is 8.17 Å². The highest BCUT2D eigenvalue weighted by Crippen LogP contribution is 2.61. The van der Waals surface area contributed by atoms with Crippen LogP contribution in [0.25, 0.3) is 60.5 Å². The van der Waals surface area contributed by atoms with Gasteiger partial charge in [-0.1, -0.05) is 127 Å². The van der Waals surface area contributed by atoms with Crippen molar-refractivity contribution >= 4 is 49.6 Å². The van der Waals surface area contributed by atoms with Crippen molar-refractivity contribution in [1.29, 1.82) is 0 Å². The van der Waals surface area contributed by atoms with Gasteiger partial charge >= 0.3 is 0 Å². The third-order valence-corrected chi connectivity index (χ3v) is 14.1. The first-order valence-corrected chi connectivity index (χ1v) is 21.3. The number of hydrogen-bond donors (Lipinski definition) is 0. The first-order valence-electron chi connectivity index (χ1n) is 21.3. The highest BCUT2D eigenvalue weighted by Gasteiger charge is 2.51. The van der Waals surface area contributed by atoms with Crippen LogP contribution in [0.15, 0.2) is 188 Å². The molecule has 0 N–H and O–H groups in total. The molecular weight excluding hydrogens is 701 g/mol. The van der Waals surface area contributed by atoms with E-state index in [9.17, 15) is 0 Å². The lowest BCUT2D eigenvalue weighted by Crippen LogP contribution is -2.48. The second-order valence-electron chi connectivity index (χ2n) is 17.6. The van der Waals surface area contributed by atoms with Crippen LogP contribution < -0.4 is 4.90 Å². The Morgan fingerprint density at radius 3 is 1.72 bits per heavy atom. The molecular formula is C56H46N2. The molecule has 1 aromatic heterocycles. The lowest BCUT2D eigenvalue weighted by atomic mass is 9.48. The number of rotatable bonds is 7. The second kappa shape index (κ2) is 13.4. The van der Waals surface area contributed by atoms with Crippen molar-refractivity contribution in [2.24, 2.45) is 17.8 Å². The van der Waals surface area contributed by atoms with E-state index in [1.807, 2.05) is 0 Å². The van der Waals surface area contributed by atoms with E-state index in [0.29, 0.717) is 5.41 Å². The lowest BCUT2D eigenvalue weighted by Gasteiger charge is -2.57. The lowest BCUT2D eigenvalue weighted by molar-refractivity contribution is -0.00516. The Kier molecular flexibility index (Phi) is 7.76. The minimum atomic E-state index is 0.334. The number of fused-ring (bicyclic) bond motifs is 4. The van der Waals surface area contributed by atoms with Crippen molar-refractivity contribution < 1.29 is 0 Å². The minimum Gasteiger partial charge on any atom is -0.310 e. The van der Waals surface area contributed by atoms with Gasteiger partial charge in [-0.3, -0.25) is 0 Å². The van der Waals surface area contributed by atoms with Crippen LogP contribution in [0.1, 0.15) is 44.1 Å². The van der Waals surface area contributed by atoms with Crippen molar-refractivity contribution in [1.82, 2.24) is 4.57 Å². The second-order valence-corrected chi connectivity index (χ2v) is 17.6. The van der Waals surface area contributed by atoms with E-state index in [2.05, 4.69) is 198 Å². The van der Waals surface area contributed by atoms with Crippen LogP contribution in [0.5, 0.6) is 0 Å². The van der Waals surface area contributed by atoms with Crippen LogP contribution >= 0.6 is 0 Å². The maximum Gasteiger partial charge on any atom is 0.0547 e. The molecule has 0 radical (unpaired) electrons. The summed E-state index contributed by atoms with van der Waals surface area (Å²) in [6, 6.07) is 70.0. The molecule has 13 rings (SSSR count). The molecule has 0 aliphatic heterocycles. The van der Waals surface area contributed by atoms with Crippen LogP contribution in [0.4, 0.5) is 17.1 Å². The SMILES string of the molecule is c1ccc(-c2ccc(N(c3ccc(-c4ccccc4-n4c5ccccc5c5cc6ccccc6cc54)cc3)c3cccc(C45CC6CC(CC(C6)C4)C5)c3)cc2)cc1. The highest BCUT2D eigenvalue weighted by atomic mass is 15.1.